The molecule has 1 aliphatic carbocycles. The molecule has 4 rings (SSSR count). The lowest BCUT2D eigenvalue weighted by molar-refractivity contribution is -0.124. The minimum atomic E-state index is -0.255. The molecule has 2 aromatic rings. The second-order valence-electron chi connectivity index (χ2n) is 7.14. The molecule has 0 spiro atoms. The van der Waals surface area contributed by atoms with Crippen LogP contribution in [0.3, 0.4) is 0 Å². The highest BCUT2D eigenvalue weighted by Gasteiger charge is 2.30. The minimum Gasteiger partial charge on any atom is -0.350 e. The van der Waals surface area contributed by atoms with Crippen LogP contribution in [0, 0.1) is 0 Å². The van der Waals surface area contributed by atoms with E-state index in [0.29, 0.717) is 11.5 Å². The van der Waals surface area contributed by atoms with E-state index in [1.54, 1.807) is 6.20 Å². The van der Waals surface area contributed by atoms with Crippen molar-refractivity contribution in [3.63, 3.8) is 0 Å². The number of rotatable bonds is 6. The van der Waals surface area contributed by atoms with E-state index in [2.05, 4.69) is 10.4 Å². The summed E-state index contributed by atoms with van der Waals surface area (Å²) in [5.41, 5.74) is 2.19. The van der Waals surface area contributed by atoms with Gasteiger partial charge in [-0.25, -0.2) is 9.67 Å². The van der Waals surface area contributed by atoms with E-state index in [9.17, 15) is 14.4 Å². The Bertz CT molecular complexity index is 918. The third kappa shape index (κ3) is 3.43. The van der Waals surface area contributed by atoms with Crippen molar-refractivity contribution < 1.29 is 14.4 Å². The summed E-state index contributed by atoms with van der Waals surface area (Å²) in [6.07, 6.45) is 3.86. The molecule has 2 aliphatic rings. The molecule has 8 nitrogen and oxygen atoms in total. The van der Waals surface area contributed by atoms with Crippen LogP contribution in [-0.4, -0.2) is 55.6 Å². The number of hydrogen-bond donors (Lipinski definition) is 1. The van der Waals surface area contributed by atoms with E-state index in [1.807, 2.05) is 24.6 Å². The van der Waals surface area contributed by atoms with E-state index in [0.717, 1.165) is 41.3 Å². The van der Waals surface area contributed by atoms with Crippen LogP contribution in [0.1, 0.15) is 54.7 Å². The summed E-state index contributed by atoms with van der Waals surface area (Å²) < 4.78 is 1.83. The first-order valence-electron chi connectivity index (χ1n) is 9.09. The molecule has 0 unspecified atom stereocenters. The minimum absolute atomic E-state index is 0.144. The Kier molecular flexibility index (Phi) is 4.63. The summed E-state index contributed by atoms with van der Waals surface area (Å²) in [7, 11) is 0. The lowest BCUT2D eigenvalue weighted by atomic mass is 10.1. The Hall–Kier alpha value is -2.42. The molecule has 1 saturated carbocycles. The number of fused-ring (bicyclic) bond motifs is 1. The summed E-state index contributed by atoms with van der Waals surface area (Å²) in [5, 5.41) is 7.68. The fourth-order valence-corrected chi connectivity index (χ4v) is 3.92. The monoisotopic (exact) mass is 387 g/mol. The maximum Gasteiger partial charge on any atom is 0.288 e. The Labute approximate surface area is 160 Å². The maximum atomic E-state index is 12.8. The van der Waals surface area contributed by atoms with Gasteiger partial charge in [0.15, 0.2) is 5.65 Å². The first-order valence-corrected chi connectivity index (χ1v) is 10.1. The lowest BCUT2D eigenvalue weighted by Crippen LogP contribution is -2.37. The highest BCUT2D eigenvalue weighted by molar-refractivity contribution is 8.14. The van der Waals surface area contributed by atoms with Gasteiger partial charge in [-0.3, -0.25) is 19.3 Å². The predicted octanol–water partition coefficient (Wildman–Crippen LogP) is 2.31. The molecular formula is C18H21N5O3S. The average Bonchev–Trinajstić information content (AvgIpc) is 3.33. The molecule has 2 aromatic heterocycles. The van der Waals surface area contributed by atoms with Gasteiger partial charge in [-0.15, -0.1) is 0 Å². The van der Waals surface area contributed by atoms with Crippen LogP contribution in [0.25, 0.3) is 11.0 Å². The maximum absolute atomic E-state index is 12.8. The van der Waals surface area contributed by atoms with Crippen LogP contribution in [0.4, 0.5) is 4.79 Å². The third-order valence-corrected chi connectivity index (χ3v) is 5.64. The van der Waals surface area contributed by atoms with Crippen LogP contribution in [0.2, 0.25) is 0 Å². The van der Waals surface area contributed by atoms with Crippen LogP contribution in [-0.2, 0) is 4.79 Å². The fourth-order valence-electron chi connectivity index (χ4n) is 3.16. The van der Waals surface area contributed by atoms with Gasteiger partial charge in [0.25, 0.3) is 11.1 Å². The quantitative estimate of drug-likeness (QED) is 0.817. The fraction of sp³-hybridized carbons (Fsp3) is 0.500. The summed E-state index contributed by atoms with van der Waals surface area (Å²) in [5.74, 6) is 0.143. The molecule has 0 radical (unpaired) electrons. The molecule has 0 bridgehead atoms. The number of carbonyl (C=O) groups excluding carboxylic acids is 3. The number of imide groups is 1. The smallest absolute Gasteiger partial charge is 0.288 e. The van der Waals surface area contributed by atoms with Gasteiger partial charge in [-0.2, -0.15) is 5.10 Å². The molecule has 1 saturated heterocycles. The standard InChI is InChI=1S/C18H21N5O3S/c1-10(2)23-16-13(8-20-23)12(7-14(21-16)11-3-4-11)17(25)19-5-6-22-15(24)9-27-18(22)26/h7-8,10-11H,3-6,9H2,1-2H3,(H,19,25). The van der Waals surface area contributed by atoms with Gasteiger partial charge in [0, 0.05) is 30.7 Å². The molecule has 1 N–H and O–H groups in total. The largest absolute Gasteiger partial charge is 0.350 e. The van der Waals surface area contributed by atoms with E-state index in [-0.39, 0.29) is 41.9 Å². The van der Waals surface area contributed by atoms with Gasteiger partial charge in [0.1, 0.15) is 0 Å². The van der Waals surface area contributed by atoms with Crippen molar-refractivity contribution in [3.05, 3.63) is 23.5 Å². The molecule has 3 amide bonds. The van der Waals surface area contributed by atoms with Gasteiger partial charge < -0.3 is 5.32 Å². The first-order chi connectivity index (χ1) is 13.0. The molecule has 2 fully saturated rings. The molecule has 1 aliphatic heterocycles. The zero-order valence-electron chi connectivity index (χ0n) is 15.3. The summed E-state index contributed by atoms with van der Waals surface area (Å²) >= 11 is 0.994. The molecule has 0 aromatic carbocycles. The van der Waals surface area contributed by atoms with Crippen LogP contribution < -0.4 is 5.32 Å². The highest BCUT2D eigenvalue weighted by atomic mass is 32.2. The lowest BCUT2D eigenvalue weighted by Gasteiger charge is -2.14. The zero-order valence-corrected chi connectivity index (χ0v) is 16.1. The number of nitrogens with zero attached hydrogens (tertiary/aromatic N) is 4. The zero-order chi connectivity index (χ0) is 19.1. The van der Waals surface area contributed by atoms with Crippen molar-refractivity contribution in [2.75, 3.05) is 18.8 Å². The Balaban J connectivity index is 1.55. The van der Waals surface area contributed by atoms with Gasteiger partial charge >= 0.3 is 0 Å². The van der Waals surface area contributed by atoms with Gasteiger partial charge in [-0.05, 0) is 32.8 Å². The average molecular weight is 387 g/mol. The van der Waals surface area contributed by atoms with Gasteiger partial charge in [0.2, 0.25) is 5.91 Å². The second kappa shape index (κ2) is 6.95. The van der Waals surface area contributed by atoms with Crippen molar-refractivity contribution in [1.82, 2.24) is 25.0 Å². The number of carbonyl (C=O) groups is 3. The molecule has 27 heavy (non-hydrogen) atoms. The number of thioether (sulfide) groups is 1. The predicted molar refractivity (Wildman–Crippen MR) is 102 cm³/mol. The Morgan fingerprint density at radius 2 is 2.15 bits per heavy atom. The van der Waals surface area contributed by atoms with E-state index in [4.69, 9.17) is 4.98 Å². The highest BCUT2D eigenvalue weighted by Crippen LogP contribution is 2.40. The topological polar surface area (TPSA) is 97.2 Å². The molecule has 3 heterocycles. The van der Waals surface area contributed by atoms with E-state index < -0.39 is 0 Å². The molecular weight excluding hydrogens is 366 g/mol. The van der Waals surface area contributed by atoms with Crippen molar-refractivity contribution in [3.8, 4) is 0 Å². The van der Waals surface area contributed by atoms with Gasteiger partial charge in [0.05, 0.1) is 22.9 Å². The van der Waals surface area contributed by atoms with Crippen LogP contribution >= 0.6 is 11.8 Å². The summed E-state index contributed by atoms with van der Waals surface area (Å²) in [6.45, 7) is 4.46. The van der Waals surface area contributed by atoms with E-state index >= 15 is 0 Å². The number of hydrogen-bond acceptors (Lipinski definition) is 6. The van der Waals surface area contributed by atoms with Crippen molar-refractivity contribution in [2.45, 2.75) is 38.6 Å². The number of nitrogens with one attached hydrogen (secondary N) is 1. The normalized spacial score (nSPS) is 17.4. The van der Waals surface area contributed by atoms with Crippen molar-refractivity contribution in [1.29, 1.82) is 0 Å². The first kappa shape index (κ1) is 18.0. The van der Waals surface area contributed by atoms with Gasteiger partial charge in [-0.1, -0.05) is 11.8 Å². The summed E-state index contributed by atoms with van der Waals surface area (Å²) in [6, 6.07) is 1.99. The van der Waals surface area contributed by atoms with E-state index in [1.165, 1.54) is 4.90 Å². The second-order valence-corrected chi connectivity index (χ2v) is 8.07. The van der Waals surface area contributed by atoms with Crippen molar-refractivity contribution in [2.24, 2.45) is 0 Å². The third-order valence-electron chi connectivity index (χ3n) is 4.78. The molecule has 0 atom stereocenters. The Morgan fingerprint density at radius 1 is 1.37 bits per heavy atom. The molecule has 142 valence electrons. The van der Waals surface area contributed by atoms with Crippen LogP contribution in [0.15, 0.2) is 12.3 Å². The van der Waals surface area contributed by atoms with Crippen molar-refractivity contribution >= 4 is 39.8 Å². The Morgan fingerprint density at radius 3 is 2.78 bits per heavy atom. The number of pyridine rings is 1. The number of amides is 3. The molecule has 9 heteroatoms. The number of aromatic nitrogens is 3. The van der Waals surface area contributed by atoms with Crippen LogP contribution in [0.5, 0.6) is 0 Å². The SMILES string of the molecule is CC(C)n1ncc2c(C(=O)NCCN3C(=O)CSC3=O)cc(C3CC3)nc21. The summed E-state index contributed by atoms with van der Waals surface area (Å²) in [4.78, 5) is 42.0.